The van der Waals surface area contributed by atoms with E-state index in [2.05, 4.69) is 20.9 Å². The zero-order valence-electron chi connectivity index (χ0n) is 26.1. The summed E-state index contributed by atoms with van der Waals surface area (Å²) in [6.45, 7) is 0.149. The number of nitrogens with one attached hydrogen (secondary N) is 3. The van der Waals surface area contributed by atoms with Crippen molar-refractivity contribution in [2.45, 2.75) is 56.3 Å². The number of carbonyl (C=O) groups excluding carboxylic acids is 3. The molecule has 0 saturated carbocycles. The average molecular weight is 664 g/mol. The number of nitrogens with two attached hydrogens (primary N) is 3. The third-order valence-electron chi connectivity index (χ3n) is 7.31. The maximum Gasteiger partial charge on any atom is 0.326 e. The molecule has 3 amide bonds. The first-order chi connectivity index (χ1) is 22.8. The maximum atomic E-state index is 13.7. The molecule has 3 aromatic carbocycles. The fourth-order valence-corrected chi connectivity index (χ4v) is 4.72. The molecule has 4 atom stereocenters. The molecule has 3 aromatic rings. The van der Waals surface area contributed by atoms with Gasteiger partial charge in [0.15, 0.2) is 5.96 Å². The van der Waals surface area contributed by atoms with Crippen molar-refractivity contribution in [2.24, 2.45) is 22.2 Å². The lowest BCUT2D eigenvalue weighted by atomic mass is 10.0. The molecule has 0 aromatic heterocycles. The molecule has 0 radical (unpaired) electrons. The van der Waals surface area contributed by atoms with Crippen LogP contribution in [-0.4, -0.2) is 80.8 Å². The van der Waals surface area contributed by atoms with Crippen LogP contribution in [0.1, 0.15) is 29.5 Å². The normalized spacial score (nSPS) is 13.3. The van der Waals surface area contributed by atoms with E-state index in [-0.39, 0.29) is 61.9 Å². The Morgan fingerprint density at radius 1 is 0.604 bits per heavy atom. The molecule has 0 spiro atoms. The maximum absolute atomic E-state index is 13.7. The predicted octanol–water partition coefficient (Wildman–Crippen LogP) is -0.249. The van der Waals surface area contributed by atoms with E-state index in [4.69, 9.17) is 17.2 Å². The second kappa shape index (κ2) is 17.8. The van der Waals surface area contributed by atoms with Crippen LogP contribution in [0.3, 0.4) is 0 Å². The van der Waals surface area contributed by atoms with Crippen molar-refractivity contribution in [1.29, 1.82) is 0 Å². The van der Waals surface area contributed by atoms with Gasteiger partial charge in [0.2, 0.25) is 17.7 Å². The Hall–Kier alpha value is -5.83. The van der Waals surface area contributed by atoms with Crippen molar-refractivity contribution in [2.75, 3.05) is 6.54 Å². The number of amides is 3. The number of guanidine groups is 1. The summed E-state index contributed by atoms with van der Waals surface area (Å²) >= 11 is 0. The van der Waals surface area contributed by atoms with Gasteiger partial charge < -0.3 is 53.6 Å². The van der Waals surface area contributed by atoms with Gasteiger partial charge in [0, 0.05) is 19.4 Å². The molecule has 3 rings (SSSR count). The lowest BCUT2D eigenvalue weighted by Gasteiger charge is -2.25. The Morgan fingerprint density at radius 2 is 1.00 bits per heavy atom. The molecule has 4 unspecified atom stereocenters. The van der Waals surface area contributed by atoms with E-state index in [0.29, 0.717) is 16.7 Å². The number of carboxylic acids is 1. The molecule has 0 aliphatic carbocycles. The number of rotatable bonds is 17. The zero-order valence-corrected chi connectivity index (χ0v) is 26.1. The van der Waals surface area contributed by atoms with Gasteiger partial charge >= 0.3 is 5.97 Å². The number of aromatic hydroxyl groups is 3. The first kappa shape index (κ1) is 36.6. The Bertz CT molecular complexity index is 1560. The first-order valence-electron chi connectivity index (χ1n) is 15.1. The molecular formula is C33H41N7O8. The molecule has 0 bridgehead atoms. The van der Waals surface area contributed by atoms with Gasteiger partial charge in [-0.2, -0.15) is 0 Å². The largest absolute Gasteiger partial charge is 0.508 e. The van der Waals surface area contributed by atoms with Crippen molar-refractivity contribution < 1.29 is 39.6 Å². The minimum absolute atomic E-state index is 0.00686. The summed E-state index contributed by atoms with van der Waals surface area (Å²) in [6, 6.07) is 12.9. The van der Waals surface area contributed by atoms with E-state index < -0.39 is 47.9 Å². The Balaban J connectivity index is 1.81. The number of carbonyl (C=O) groups is 4. The van der Waals surface area contributed by atoms with E-state index in [1.54, 1.807) is 24.3 Å². The number of hydrogen-bond donors (Lipinski definition) is 10. The standard InChI is InChI=1S/C33H41N7O8/c34-25(16-19-3-9-22(41)10-4-19)29(44)38-26(2-1-15-37-33(35)36)30(45)39-27(17-20-5-11-23(42)12-6-20)31(46)40-28(32(47)48)18-21-7-13-24(43)14-8-21/h3-14,25-28,41-43H,1-2,15-18,34H2,(H,38,44)(H,39,45)(H,40,46)(H,47,48)(H4,35,36,37). The molecular weight excluding hydrogens is 622 g/mol. The van der Waals surface area contributed by atoms with Crippen LogP contribution in [0, 0.1) is 0 Å². The van der Waals surface area contributed by atoms with Gasteiger partial charge in [-0.05, 0) is 72.4 Å². The molecule has 0 fully saturated rings. The topological polar surface area (TPSA) is 276 Å². The van der Waals surface area contributed by atoms with Crippen molar-refractivity contribution in [1.82, 2.24) is 16.0 Å². The number of carboxylic acid groups (broad SMARTS) is 1. The quantitative estimate of drug-likeness (QED) is 0.0511. The number of nitrogens with zero attached hydrogens (tertiary/aromatic N) is 1. The van der Waals surface area contributed by atoms with Crippen LogP contribution in [0.25, 0.3) is 0 Å². The van der Waals surface area contributed by atoms with Gasteiger partial charge in [0.25, 0.3) is 0 Å². The molecule has 13 N–H and O–H groups in total. The molecule has 48 heavy (non-hydrogen) atoms. The van der Waals surface area contributed by atoms with Crippen molar-refractivity contribution >= 4 is 29.7 Å². The highest BCUT2D eigenvalue weighted by atomic mass is 16.4. The number of phenols is 3. The van der Waals surface area contributed by atoms with Crippen LogP contribution in [0.15, 0.2) is 77.8 Å². The van der Waals surface area contributed by atoms with Crippen LogP contribution in [-0.2, 0) is 38.4 Å². The second-order valence-corrected chi connectivity index (χ2v) is 11.2. The minimum Gasteiger partial charge on any atom is -0.508 e. The van der Waals surface area contributed by atoms with E-state index in [0.717, 1.165) is 0 Å². The van der Waals surface area contributed by atoms with Crippen molar-refractivity contribution in [3.8, 4) is 17.2 Å². The second-order valence-electron chi connectivity index (χ2n) is 11.2. The van der Waals surface area contributed by atoms with E-state index in [9.17, 15) is 39.6 Å². The van der Waals surface area contributed by atoms with Crippen LogP contribution in [0.4, 0.5) is 0 Å². The van der Waals surface area contributed by atoms with Gasteiger partial charge in [-0.15, -0.1) is 0 Å². The van der Waals surface area contributed by atoms with Gasteiger partial charge in [0.05, 0.1) is 6.04 Å². The van der Waals surface area contributed by atoms with E-state index >= 15 is 0 Å². The summed E-state index contributed by atoms with van der Waals surface area (Å²) in [4.78, 5) is 56.4. The number of hydrogen-bond acceptors (Lipinski definition) is 9. The number of benzene rings is 3. The smallest absolute Gasteiger partial charge is 0.326 e. The van der Waals surface area contributed by atoms with E-state index in [1.807, 2.05) is 0 Å². The van der Waals surface area contributed by atoms with Crippen LogP contribution >= 0.6 is 0 Å². The molecule has 256 valence electrons. The van der Waals surface area contributed by atoms with Crippen LogP contribution in [0.2, 0.25) is 0 Å². The third kappa shape index (κ3) is 12.2. The molecule has 0 aliphatic heterocycles. The molecule has 0 saturated heterocycles. The van der Waals surface area contributed by atoms with Gasteiger partial charge in [-0.25, -0.2) is 4.79 Å². The minimum atomic E-state index is -1.38. The lowest BCUT2D eigenvalue weighted by molar-refractivity contribution is -0.142. The fraction of sp³-hybridized carbons (Fsp3) is 0.303. The van der Waals surface area contributed by atoms with Gasteiger partial charge in [-0.3, -0.25) is 19.4 Å². The molecule has 15 nitrogen and oxygen atoms in total. The van der Waals surface area contributed by atoms with Gasteiger partial charge in [-0.1, -0.05) is 36.4 Å². The Labute approximate surface area is 276 Å². The highest BCUT2D eigenvalue weighted by molar-refractivity contribution is 5.94. The summed E-state index contributed by atoms with van der Waals surface area (Å²) in [5.74, 6) is -3.64. The summed E-state index contributed by atoms with van der Waals surface area (Å²) < 4.78 is 0. The molecule has 0 aliphatic rings. The zero-order chi connectivity index (χ0) is 35.2. The van der Waals surface area contributed by atoms with Gasteiger partial charge in [0.1, 0.15) is 35.4 Å². The first-order valence-corrected chi connectivity index (χ1v) is 15.1. The predicted molar refractivity (Wildman–Crippen MR) is 177 cm³/mol. The third-order valence-corrected chi connectivity index (χ3v) is 7.31. The summed E-state index contributed by atoms with van der Waals surface area (Å²) in [6.07, 6.45) is 0.248. The SMILES string of the molecule is NC(N)=NCCCC(NC(=O)C(N)Cc1ccc(O)cc1)C(=O)NC(Cc1ccc(O)cc1)C(=O)NC(Cc1ccc(O)cc1)C(=O)O. The number of aliphatic imine (C=N–C) groups is 1. The van der Waals surface area contributed by atoms with E-state index in [1.165, 1.54) is 48.5 Å². The summed E-state index contributed by atoms with van der Waals surface area (Å²) in [7, 11) is 0. The van der Waals surface area contributed by atoms with Crippen molar-refractivity contribution in [3.05, 3.63) is 89.5 Å². The fourth-order valence-electron chi connectivity index (χ4n) is 4.72. The molecule has 15 heteroatoms. The van der Waals surface area contributed by atoms with Crippen LogP contribution in [0.5, 0.6) is 17.2 Å². The van der Waals surface area contributed by atoms with Crippen LogP contribution < -0.4 is 33.2 Å². The monoisotopic (exact) mass is 663 g/mol. The lowest BCUT2D eigenvalue weighted by Crippen LogP contribution is -2.58. The highest BCUT2D eigenvalue weighted by Crippen LogP contribution is 2.15. The molecule has 0 heterocycles. The summed E-state index contributed by atoms with van der Waals surface area (Å²) in [5.41, 5.74) is 18.7. The highest BCUT2D eigenvalue weighted by Gasteiger charge is 2.30. The Morgan fingerprint density at radius 3 is 1.46 bits per heavy atom. The number of aliphatic carboxylic acids is 1. The summed E-state index contributed by atoms with van der Waals surface area (Å²) in [5, 5.41) is 46.4. The average Bonchev–Trinajstić information content (AvgIpc) is 3.04. The number of phenolic OH excluding ortho intramolecular Hbond substituents is 3. The Kier molecular flexibility index (Phi) is 13.6. The van der Waals surface area contributed by atoms with Crippen molar-refractivity contribution in [3.63, 3.8) is 0 Å².